The largest absolute Gasteiger partial charge is 0.480 e. The first kappa shape index (κ1) is 28.4. The van der Waals surface area contributed by atoms with Gasteiger partial charge in [-0.2, -0.15) is 0 Å². The maximum atomic E-state index is 13.2. The minimum Gasteiger partial charge on any atom is -0.480 e. The van der Waals surface area contributed by atoms with Crippen LogP contribution in [0.15, 0.2) is 60.8 Å². The lowest BCUT2D eigenvalue weighted by atomic mass is 10.0. The third kappa shape index (κ3) is 8.17. The van der Waals surface area contributed by atoms with E-state index in [9.17, 15) is 24.3 Å². The van der Waals surface area contributed by atoms with Crippen molar-refractivity contribution >= 4 is 34.6 Å². The number of carboxylic acids is 1. The zero-order valence-corrected chi connectivity index (χ0v) is 21.6. The number of carboxylic acid groups (broad SMARTS) is 1. The third-order valence-corrected chi connectivity index (χ3v) is 6.13. The summed E-state index contributed by atoms with van der Waals surface area (Å²) < 4.78 is 0. The Bertz CT molecular complexity index is 1260. The van der Waals surface area contributed by atoms with Gasteiger partial charge in [-0.1, -0.05) is 62.4 Å². The molecule has 3 unspecified atom stereocenters. The van der Waals surface area contributed by atoms with E-state index in [4.69, 9.17) is 5.73 Å². The van der Waals surface area contributed by atoms with E-state index in [0.29, 0.717) is 6.42 Å². The Hall–Kier alpha value is -4.18. The van der Waals surface area contributed by atoms with E-state index in [0.717, 1.165) is 22.0 Å². The Labute approximate surface area is 221 Å². The van der Waals surface area contributed by atoms with Gasteiger partial charge in [-0.25, -0.2) is 4.79 Å². The van der Waals surface area contributed by atoms with Crippen LogP contribution in [0.5, 0.6) is 0 Å². The van der Waals surface area contributed by atoms with Gasteiger partial charge in [-0.15, -0.1) is 0 Å². The molecule has 0 spiro atoms. The number of carbonyl (C=O) groups is 4. The molecule has 0 bridgehead atoms. The lowest BCUT2D eigenvalue weighted by molar-refractivity contribution is -0.142. The summed E-state index contributed by atoms with van der Waals surface area (Å²) in [6.45, 7) is 3.27. The van der Waals surface area contributed by atoms with Crippen LogP contribution in [0.3, 0.4) is 0 Å². The van der Waals surface area contributed by atoms with Gasteiger partial charge < -0.3 is 31.8 Å². The van der Waals surface area contributed by atoms with Gasteiger partial charge in [0.05, 0.1) is 12.6 Å². The Balaban J connectivity index is 1.69. The average molecular weight is 522 g/mol. The molecule has 3 amide bonds. The molecule has 0 saturated carbocycles. The molecule has 2 aromatic carbocycles. The molecule has 0 aliphatic heterocycles. The van der Waals surface area contributed by atoms with Crippen LogP contribution >= 0.6 is 0 Å². The number of H-pyrrole nitrogens is 1. The Morgan fingerprint density at radius 2 is 1.58 bits per heavy atom. The second-order valence-electron chi connectivity index (χ2n) is 9.73. The molecular formula is C28H35N5O5. The van der Waals surface area contributed by atoms with Gasteiger partial charge >= 0.3 is 5.97 Å². The number of hydrogen-bond acceptors (Lipinski definition) is 5. The van der Waals surface area contributed by atoms with Crippen LogP contribution in [0, 0.1) is 5.92 Å². The lowest BCUT2D eigenvalue weighted by Crippen LogP contribution is -2.54. The zero-order valence-electron chi connectivity index (χ0n) is 21.6. The number of rotatable bonds is 13. The highest BCUT2D eigenvalue weighted by Crippen LogP contribution is 2.19. The predicted molar refractivity (Wildman–Crippen MR) is 144 cm³/mol. The minimum atomic E-state index is -1.14. The number of carbonyl (C=O) groups excluding carboxylic acids is 3. The molecule has 0 radical (unpaired) electrons. The molecule has 0 fully saturated rings. The maximum Gasteiger partial charge on any atom is 0.326 e. The Morgan fingerprint density at radius 1 is 0.895 bits per heavy atom. The molecule has 1 heterocycles. The number of benzene rings is 2. The van der Waals surface area contributed by atoms with Crippen molar-refractivity contribution < 1.29 is 24.3 Å². The van der Waals surface area contributed by atoms with Crippen LogP contribution in [0.1, 0.15) is 31.4 Å². The molecule has 1 aromatic heterocycles. The fraction of sp³-hybridized carbons (Fsp3) is 0.357. The van der Waals surface area contributed by atoms with Crippen LogP contribution in [0.2, 0.25) is 0 Å². The van der Waals surface area contributed by atoms with Crippen molar-refractivity contribution in [3.63, 3.8) is 0 Å². The predicted octanol–water partition coefficient (Wildman–Crippen LogP) is 1.50. The highest BCUT2D eigenvalue weighted by molar-refractivity contribution is 5.93. The van der Waals surface area contributed by atoms with Crippen LogP contribution < -0.4 is 21.7 Å². The molecule has 38 heavy (non-hydrogen) atoms. The van der Waals surface area contributed by atoms with Crippen molar-refractivity contribution in [1.29, 1.82) is 0 Å². The summed E-state index contributed by atoms with van der Waals surface area (Å²) in [5.41, 5.74) is 8.72. The van der Waals surface area contributed by atoms with Gasteiger partial charge in [0.1, 0.15) is 12.1 Å². The van der Waals surface area contributed by atoms with Gasteiger partial charge in [0.2, 0.25) is 17.7 Å². The van der Waals surface area contributed by atoms with Crippen LogP contribution in [-0.2, 0) is 32.0 Å². The van der Waals surface area contributed by atoms with Crippen molar-refractivity contribution in [2.45, 2.75) is 51.2 Å². The van der Waals surface area contributed by atoms with E-state index in [2.05, 4.69) is 20.9 Å². The first-order valence-corrected chi connectivity index (χ1v) is 12.6. The van der Waals surface area contributed by atoms with Gasteiger partial charge in [0.25, 0.3) is 0 Å². The number of aliphatic carboxylic acids is 1. The summed E-state index contributed by atoms with van der Waals surface area (Å²) >= 11 is 0. The number of hydrogen-bond donors (Lipinski definition) is 6. The molecule has 0 aliphatic rings. The van der Waals surface area contributed by atoms with Crippen LogP contribution in [0.25, 0.3) is 10.9 Å². The minimum absolute atomic E-state index is 0.0573. The molecule has 10 heteroatoms. The van der Waals surface area contributed by atoms with Gasteiger partial charge in [-0.3, -0.25) is 14.4 Å². The number of aromatic amines is 1. The Morgan fingerprint density at radius 3 is 2.26 bits per heavy atom. The molecular weight excluding hydrogens is 486 g/mol. The van der Waals surface area contributed by atoms with Gasteiger partial charge in [-0.05, 0) is 36.0 Å². The zero-order chi connectivity index (χ0) is 27.7. The van der Waals surface area contributed by atoms with Crippen molar-refractivity contribution in [1.82, 2.24) is 20.9 Å². The summed E-state index contributed by atoms with van der Waals surface area (Å²) in [4.78, 5) is 53.1. The smallest absolute Gasteiger partial charge is 0.326 e. The number of para-hydroxylation sites is 1. The first-order valence-electron chi connectivity index (χ1n) is 12.6. The monoisotopic (exact) mass is 521 g/mol. The molecule has 0 saturated heterocycles. The van der Waals surface area contributed by atoms with E-state index in [1.54, 1.807) is 6.20 Å². The number of nitrogens with one attached hydrogen (secondary N) is 4. The lowest BCUT2D eigenvalue weighted by Gasteiger charge is -2.21. The summed E-state index contributed by atoms with van der Waals surface area (Å²) in [6, 6.07) is 13.9. The molecule has 10 nitrogen and oxygen atoms in total. The fourth-order valence-corrected chi connectivity index (χ4v) is 4.20. The van der Waals surface area contributed by atoms with Crippen LogP contribution in [-0.4, -0.2) is 58.5 Å². The standard InChI is InChI=1S/C28H35N5O5/c1-17(2)12-24(28(37)38)32-25(34)16-31-27(36)23(14-19-15-30-22-11-7-6-10-20(19)22)33-26(35)21(29)13-18-8-4-3-5-9-18/h3-11,15,17,21,23-24,30H,12-14,16,29H2,1-2H3,(H,31,36)(H,32,34)(H,33,35)(H,37,38). The first-order chi connectivity index (χ1) is 18.1. The molecule has 202 valence electrons. The average Bonchev–Trinajstić information content (AvgIpc) is 3.29. The SMILES string of the molecule is CC(C)CC(NC(=O)CNC(=O)C(Cc1c[nH]c2ccccc12)NC(=O)C(N)Cc1ccccc1)C(=O)O. The van der Waals surface area contributed by atoms with Crippen molar-refractivity contribution in [3.05, 3.63) is 71.9 Å². The molecule has 3 rings (SSSR count). The Kier molecular flexibility index (Phi) is 10.0. The van der Waals surface area contributed by atoms with Crippen LogP contribution in [0.4, 0.5) is 0 Å². The van der Waals surface area contributed by atoms with Crippen molar-refractivity contribution in [2.24, 2.45) is 11.7 Å². The third-order valence-electron chi connectivity index (χ3n) is 6.13. The van der Waals surface area contributed by atoms with E-state index >= 15 is 0 Å². The normalized spacial score (nSPS) is 13.5. The van der Waals surface area contributed by atoms with E-state index < -0.39 is 48.4 Å². The number of nitrogens with two attached hydrogens (primary N) is 1. The van der Waals surface area contributed by atoms with E-state index in [-0.39, 0.29) is 18.8 Å². The topological polar surface area (TPSA) is 166 Å². The maximum absolute atomic E-state index is 13.2. The molecule has 0 aliphatic carbocycles. The highest BCUT2D eigenvalue weighted by Gasteiger charge is 2.27. The van der Waals surface area contributed by atoms with Crippen molar-refractivity contribution in [3.8, 4) is 0 Å². The summed E-state index contributed by atoms with van der Waals surface area (Å²) in [6.07, 6.45) is 2.49. The fourth-order valence-electron chi connectivity index (χ4n) is 4.20. The number of amides is 3. The number of aromatic nitrogens is 1. The van der Waals surface area contributed by atoms with E-state index in [1.165, 1.54) is 0 Å². The quantitative estimate of drug-likeness (QED) is 0.199. The van der Waals surface area contributed by atoms with E-state index in [1.807, 2.05) is 68.4 Å². The van der Waals surface area contributed by atoms with Gasteiger partial charge in [0, 0.05) is 23.5 Å². The highest BCUT2D eigenvalue weighted by atomic mass is 16.4. The summed E-state index contributed by atoms with van der Waals surface area (Å²) in [5.74, 6) is -2.80. The second-order valence-corrected chi connectivity index (χ2v) is 9.73. The summed E-state index contributed by atoms with van der Waals surface area (Å²) in [7, 11) is 0. The number of fused-ring (bicyclic) bond motifs is 1. The van der Waals surface area contributed by atoms with Crippen molar-refractivity contribution in [2.75, 3.05) is 6.54 Å². The molecule has 3 atom stereocenters. The molecule has 3 aromatic rings. The summed E-state index contributed by atoms with van der Waals surface area (Å²) in [5, 5.41) is 18.0. The van der Waals surface area contributed by atoms with Gasteiger partial charge in [0.15, 0.2) is 0 Å². The molecule has 7 N–H and O–H groups in total. The second kappa shape index (κ2) is 13.4.